The molecule has 1 N–H and O–H groups in total. The first-order valence-electron chi connectivity index (χ1n) is 10.1. The second-order valence-corrected chi connectivity index (χ2v) is 7.65. The van der Waals surface area contributed by atoms with Gasteiger partial charge in [0.1, 0.15) is 5.56 Å². The Kier molecular flexibility index (Phi) is 5.50. The van der Waals surface area contributed by atoms with Gasteiger partial charge in [-0.1, -0.05) is 6.07 Å². The van der Waals surface area contributed by atoms with E-state index in [0.29, 0.717) is 12.2 Å². The lowest BCUT2D eigenvalue weighted by molar-refractivity contribution is -0.385. The molecule has 162 valence electrons. The highest BCUT2D eigenvalue weighted by molar-refractivity contribution is 6.08. The van der Waals surface area contributed by atoms with E-state index in [9.17, 15) is 19.7 Å². The molecule has 1 saturated carbocycles. The first-order chi connectivity index (χ1) is 14.9. The minimum Gasteiger partial charge on any atom is -0.493 e. The Bertz CT molecular complexity index is 1060. The zero-order valence-corrected chi connectivity index (χ0v) is 17.3. The van der Waals surface area contributed by atoms with E-state index in [-0.39, 0.29) is 28.9 Å². The van der Waals surface area contributed by atoms with Crippen molar-refractivity contribution in [3.63, 3.8) is 0 Å². The van der Waals surface area contributed by atoms with Gasteiger partial charge in [-0.3, -0.25) is 19.7 Å². The second-order valence-electron chi connectivity index (χ2n) is 7.65. The fourth-order valence-electron chi connectivity index (χ4n) is 3.83. The minimum absolute atomic E-state index is 0.0959. The lowest BCUT2D eigenvalue weighted by atomic mass is 10.0. The molecule has 4 rings (SSSR count). The molecule has 1 heterocycles. The van der Waals surface area contributed by atoms with Gasteiger partial charge in [0, 0.05) is 29.9 Å². The Morgan fingerprint density at radius 2 is 1.84 bits per heavy atom. The molecule has 9 nitrogen and oxygen atoms in total. The average Bonchev–Trinajstić information content (AvgIpc) is 3.62. The molecule has 2 aliphatic rings. The van der Waals surface area contributed by atoms with E-state index in [4.69, 9.17) is 9.47 Å². The monoisotopic (exact) mass is 425 g/mol. The maximum atomic E-state index is 12.9. The van der Waals surface area contributed by atoms with Crippen LogP contribution in [-0.4, -0.2) is 37.5 Å². The SMILES string of the molecule is COc1cc(C(=O)Nc2ccc3c(c2)N(C(=O)C2CC2)CCC3)c([N+](=O)[O-])cc1OC. The summed E-state index contributed by atoms with van der Waals surface area (Å²) in [4.78, 5) is 38.3. The average molecular weight is 425 g/mol. The molecule has 0 atom stereocenters. The molecule has 1 aliphatic heterocycles. The highest BCUT2D eigenvalue weighted by Gasteiger charge is 2.35. The quantitative estimate of drug-likeness (QED) is 0.560. The Balaban J connectivity index is 1.64. The summed E-state index contributed by atoms with van der Waals surface area (Å²) in [5.74, 6) is -0.0549. The molecule has 1 aliphatic carbocycles. The van der Waals surface area contributed by atoms with Crippen molar-refractivity contribution in [2.45, 2.75) is 25.7 Å². The maximum Gasteiger partial charge on any atom is 0.286 e. The Morgan fingerprint density at radius 3 is 2.48 bits per heavy atom. The van der Waals surface area contributed by atoms with Crippen LogP contribution in [0.2, 0.25) is 0 Å². The number of anilines is 2. The number of nitro benzene ring substituents is 1. The summed E-state index contributed by atoms with van der Waals surface area (Å²) >= 11 is 0. The van der Waals surface area contributed by atoms with Gasteiger partial charge in [-0.2, -0.15) is 0 Å². The zero-order valence-electron chi connectivity index (χ0n) is 17.3. The van der Waals surface area contributed by atoms with Crippen LogP contribution in [0.4, 0.5) is 17.1 Å². The molecular formula is C22H23N3O6. The van der Waals surface area contributed by atoms with E-state index in [1.165, 1.54) is 20.3 Å². The summed E-state index contributed by atoms with van der Waals surface area (Å²) in [6.45, 7) is 0.654. The number of benzene rings is 2. The number of hydrogen-bond donors (Lipinski definition) is 1. The Hall–Kier alpha value is -3.62. The molecule has 0 unspecified atom stereocenters. The molecule has 31 heavy (non-hydrogen) atoms. The van der Waals surface area contributed by atoms with Crippen LogP contribution in [0.3, 0.4) is 0 Å². The van der Waals surface area contributed by atoms with Crippen LogP contribution in [0, 0.1) is 16.0 Å². The molecule has 0 aromatic heterocycles. The van der Waals surface area contributed by atoms with Crippen molar-refractivity contribution in [2.75, 3.05) is 31.0 Å². The van der Waals surface area contributed by atoms with Crippen molar-refractivity contribution >= 4 is 28.9 Å². The third-order valence-corrected chi connectivity index (χ3v) is 5.60. The van der Waals surface area contributed by atoms with Gasteiger partial charge < -0.3 is 19.7 Å². The predicted molar refractivity (Wildman–Crippen MR) is 114 cm³/mol. The molecule has 0 saturated heterocycles. The Morgan fingerprint density at radius 1 is 1.13 bits per heavy atom. The lowest BCUT2D eigenvalue weighted by Gasteiger charge is -2.30. The number of methoxy groups -OCH3 is 2. The van der Waals surface area contributed by atoms with Gasteiger partial charge in [-0.25, -0.2) is 0 Å². The van der Waals surface area contributed by atoms with Gasteiger partial charge >= 0.3 is 0 Å². The van der Waals surface area contributed by atoms with Gasteiger partial charge in [-0.15, -0.1) is 0 Å². The minimum atomic E-state index is -0.650. The third-order valence-electron chi connectivity index (χ3n) is 5.60. The van der Waals surface area contributed by atoms with E-state index in [0.717, 1.165) is 43.0 Å². The normalized spacial score (nSPS) is 15.1. The number of nitro groups is 1. The number of hydrogen-bond acceptors (Lipinski definition) is 6. The number of amides is 2. The summed E-state index contributed by atoms with van der Waals surface area (Å²) in [7, 11) is 2.75. The van der Waals surface area contributed by atoms with Crippen LogP contribution in [0.1, 0.15) is 35.2 Å². The molecule has 0 radical (unpaired) electrons. The van der Waals surface area contributed by atoms with E-state index < -0.39 is 16.5 Å². The highest BCUT2D eigenvalue weighted by Crippen LogP contribution is 2.38. The van der Waals surface area contributed by atoms with Gasteiger partial charge in [0.2, 0.25) is 5.91 Å². The molecule has 0 bridgehead atoms. The number of fused-ring (bicyclic) bond motifs is 1. The molecule has 2 aromatic rings. The maximum absolute atomic E-state index is 12.9. The van der Waals surface area contributed by atoms with E-state index >= 15 is 0 Å². The van der Waals surface area contributed by atoms with Crippen LogP contribution in [-0.2, 0) is 11.2 Å². The van der Waals surface area contributed by atoms with E-state index in [2.05, 4.69) is 5.32 Å². The smallest absolute Gasteiger partial charge is 0.286 e. The van der Waals surface area contributed by atoms with E-state index in [1.54, 1.807) is 17.0 Å². The van der Waals surface area contributed by atoms with Gasteiger partial charge in [0.05, 0.1) is 25.2 Å². The second kappa shape index (κ2) is 8.25. The fraction of sp³-hybridized carbons (Fsp3) is 0.364. The fourth-order valence-corrected chi connectivity index (χ4v) is 3.83. The van der Waals surface area contributed by atoms with Crippen LogP contribution < -0.4 is 19.7 Å². The first kappa shape index (κ1) is 20.6. The molecule has 2 amide bonds. The predicted octanol–water partition coefficient (Wildman–Crippen LogP) is 3.55. The largest absolute Gasteiger partial charge is 0.493 e. The number of aryl methyl sites for hydroxylation is 1. The topological polar surface area (TPSA) is 111 Å². The number of carbonyl (C=O) groups excluding carboxylic acids is 2. The zero-order chi connectivity index (χ0) is 22.1. The Labute approximate surface area is 179 Å². The summed E-state index contributed by atoms with van der Waals surface area (Å²) < 4.78 is 10.3. The standard InChI is InChI=1S/C22H23N3O6/c1-30-19-11-16(18(25(28)29)12-20(19)31-2)21(26)23-15-8-7-13-4-3-9-24(17(13)10-15)22(27)14-5-6-14/h7-8,10-12,14H,3-6,9H2,1-2H3,(H,23,26). The van der Waals surface area contributed by atoms with E-state index in [1.807, 2.05) is 6.07 Å². The van der Waals surface area contributed by atoms with Crippen LogP contribution in [0.15, 0.2) is 30.3 Å². The third kappa shape index (κ3) is 4.03. The van der Waals surface area contributed by atoms with Crippen LogP contribution in [0.25, 0.3) is 0 Å². The number of nitrogens with zero attached hydrogens (tertiary/aromatic N) is 2. The van der Waals surface area contributed by atoms with Crippen LogP contribution in [0.5, 0.6) is 11.5 Å². The number of nitrogens with one attached hydrogen (secondary N) is 1. The van der Waals surface area contributed by atoms with Crippen molar-refractivity contribution in [3.8, 4) is 11.5 Å². The molecule has 2 aromatic carbocycles. The summed E-state index contributed by atoms with van der Waals surface area (Å²) in [6, 6.07) is 7.85. The first-order valence-corrected chi connectivity index (χ1v) is 10.1. The molecular weight excluding hydrogens is 402 g/mol. The van der Waals surface area contributed by atoms with Gasteiger partial charge in [0.15, 0.2) is 11.5 Å². The lowest BCUT2D eigenvalue weighted by Crippen LogP contribution is -2.36. The van der Waals surface area contributed by atoms with Gasteiger partial charge in [0.25, 0.3) is 11.6 Å². The van der Waals surface area contributed by atoms with Crippen molar-refractivity contribution < 1.29 is 24.0 Å². The number of carbonyl (C=O) groups is 2. The molecule has 0 spiro atoms. The summed E-state index contributed by atoms with van der Waals surface area (Å²) in [5.41, 5.74) is 1.77. The van der Waals surface area contributed by atoms with Crippen molar-refractivity contribution in [2.24, 2.45) is 5.92 Å². The summed E-state index contributed by atoms with van der Waals surface area (Å²) in [6.07, 6.45) is 3.60. The van der Waals surface area contributed by atoms with Crippen LogP contribution >= 0.6 is 0 Å². The van der Waals surface area contributed by atoms with Crippen molar-refractivity contribution in [3.05, 3.63) is 51.6 Å². The molecule has 9 heteroatoms. The van der Waals surface area contributed by atoms with Gasteiger partial charge in [-0.05, 0) is 43.4 Å². The molecule has 1 fully saturated rings. The van der Waals surface area contributed by atoms with Crippen molar-refractivity contribution in [1.82, 2.24) is 0 Å². The number of rotatable bonds is 6. The number of ether oxygens (including phenoxy) is 2. The summed E-state index contributed by atoms with van der Waals surface area (Å²) in [5, 5.41) is 14.2. The highest BCUT2D eigenvalue weighted by atomic mass is 16.6. The van der Waals surface area contributed by atoms with Crippen molar-refractivity contribution in [1.29, 1.82) is 0 Å².